The number of nitrogens with one attached hydrogen (secondary N) is 1. The standard InChI is InChI=1S/C21H25N5O2/c1-14(13-27)15(2)24-21(22-4)26-16(3)19(11-23-26)20(28)25-10-9-17-7-5-6-8-18(17)12-25/h5-8,11,13H,9-10,12H2,1-4H3,(H,22,24)/b15-14-. The number of allylic oxidation sites excluding steroid dienone is 2. The zero-order valence-electron chi connectivity index (χ0n) is 16.7. The summed E-state index contributed by atoms with van der Waals surface area (Å²) in [6.45, 7) is 6.66. The molecule has 1 aromatic heterocycles. The van der Waals surface area contributed by atoms with Crippen LogP contribution in [-0.4, -0.2) is 46.4 Å². The Balaban J connectivity index is 1.83. The predicted octanol–water partition coefficient (Wildman–Crippen LogP) is 2.31. The lowest BCUT2D eigenvalue weighted by Crippen LogP contribution is -2.36. The molecule has 2 aromatic rings. The highest BCUT2D eigenvalue weighted by Crippen LogP contribution is 2.21. The second-order valence-corrected chi connectivity index (χ2v) is 6.90. The number of fused-ring (bicyclic) bond motifs is 1. The first-order valence-electron chi connectivity index (χ1n) is 9.23. The fourth-order valence-electron chi connectivity index (χ4n) is 3.23. The molecule has 1 N–H and O–H groups in total. The van der Waals surface area contributed by atoms with Crippen LogP contribution >= 0.6 is 0 Å². The van der Waals surface area contributed by atoms with Crippen molar-refractivity contribution in [3.05, 3.63) is 64.1 Å². The van der Waals surface area contributed by atoms with Crippen LogP contribution in [0, 0.1) is 6.92 Å². The number of benzene rings is 1. The highest BCUT2D eigenvalue weighted by molar-refractivity contribution is 5.96. The Bertz CT molecular complexity index is 971. The van der Waals surface area contributed by atoms with Crippen molar-refractivity contribution in [2.45, 2.75) is 33.7 Å². The number of amides is 1. The third-order valence-corrected chi connectivity index (χ3v) is 5.14. The van der Waals surface area contributed by atoms with Crippen molar-refractivity contribution >= 4 is 18.2 Å². The van der Waals surface area contributed by atoms with Crippen molar-refractivity contribution in [1.29, 1.82) is 0 Å². The van der Waals surface area contributed by atoms with Gasteiger partial charge in [-0.25, -0.2) is 4.68 Å². The summed E-state index contributed by atoms with van der Waals surface area (Å²) in [4.78, 5) is 30.1. The number of nitrogens with zero attached hydrogens (tertiary/aromatic N) is 4. The van der Waals surface area contributed by atoms with Crippen molar-refractivity contribution < 1.29 is 9.59 Å². The summed E-state index contributed by atoms with van der Waals surface area (Å²) in [6, 6.07) is 8.23. The van der Waals surface area contributed by atoms with Crippen molar-refractivity contribution in [2.75, 3.05) is 13.6 Å². The van der Waals surface area contributed by atoms with Crippen molar-refractivity contribution in [3.63, 3.8) is 0 Å². The largest absolute Gasteiger partial charge is 0.334 e. The molecular weight excluding hydrogens is 354 g/mol. The third kappa shape index (κ3) is 3.74. The van der Waals surface area contributed by atoms with Crippen molar-refractivity contribution in [1.82, 2.24) is 20.0 Å². The molecule has 0 saturated heterocycles. The van der Waals surface area contributed by atoms with Crippen LogP contribution in [0.2, 0.25) is 0 Å². The summed E-state index contributed by atoms with van der Waals surface area (Å²) in [5.74, 6) is 0.421. The average molecular weight is 379 g/mol. The van der Waals surface area contributed by atoms with Gasteiger partial charge in [-0.15, -0.1) is 0 Å². The molecule has 0 fully saturated rings. The van der Waals surface area contributed by atoms with Gasteiger partial charge in [0.1, 0.15) is 6.29 Å². The van der Waals surface area contributed by atoms with Crippen LogP contribution in [0.25, 0.3) is 0 Å². The first-order valence-corrected chi connectivity index (χ1v) is 9.23. The van der Waals surface area contributed by atoms with Gasteiger partial charge < -0.3 is 10.2 Å². The van der Waals surface area contributed by atoms with Gasteiger partial charge >= 0.3 is 0 Å². The Hall–Kier alpha value is -3.22. The molecule has 1 aliphatic heterocycles. The molecule has 0 aliphatic carbocycles. The molecule has 2 heterocycles. The van der Waals surface area contributed by atoms with E-state index in [0.29, 0.717) is 41.6 Å². The third-order valence-electron chi connectivity index (χ3n) is 5.14. The first kappa shape index (κ1) is 19.5. The van der Waals surface area contributed by atoms with Gasteiger partial charge in [0.05, 0.1) is 17.5 Å². The Morgan fingerprint density at radius 3 is 2.64 bits per heavy atom. The quantitative estimate of drug-likeness (QED) is 0.384. The molecule has 0 spiro atoms. The molecule has 1 aromatic carbocycles. The van der Waals surface area contributed by atoms with E-state index in [1.807, 2.05) is 24.0 Å². The number of aromatic nitrogens is 2. The normalized spacial score (nSPS) is 15.0. The van der Waals surface area contributed by atoms with E-state index < -0.39 is 0 Å². The van der Waals surface area contributed by atoms with E-state index in [0.717, 1.165) is 12.7 Å². The Kier molecular flexibility index (Phi) is 5.73. The van der Waals surface area contributed by atoms with Crippen LogP contribution in [0.1, 0.15) is 41.0 Å². The van der Waals surface area contributed by atoms with E-state index in [1.54, 1.807) is 31.8 Å². The van der Waals surface area contributed by atoms with Crippen LogP contribution in [0.4, 0.5) is 0 Å². The highest BCUT2D eigenvalue weighted by atomic mass is 16.2. The molecule has 3 rings (SSSR count). The molecule has 0 bridgehead atoms. The van der Waals surface area contributed by atoms with Crippen LogP contribution in [-0.2, 0) is 17.8 Å². The smallest absolute Gasteiger partial charge is 0.257 e. The summed E-state index contributed by atoms with van der Waals surface area (Å²) < 4.78 is 1.59. The minimum Gasteiger partial charge on any atom is -0.334 e. The van der Waals surface area contributed by atoms with Gasteiger partial charge in [0.2, 0.25) is 5.96 Å². The lowest BCUT2D eigenvalue weighted by Gasteiger charge is -2.28. The van der Waals surface area contributed by atoms with E-state index in [9.17, 15) is 9.59 Å². The first-order chi connectivity index (χ1) is 13.5. The summed E-state index contributed by atoms with van der Waals surface area (Å²) in [5.41, 5.74) is 5.01. The van der Waals surface area contributed by atoms with E-state index in [-0.39, 0.29) is 5.91 Å². The molecular formula is C21H25N5O2. The Labute approximate surface area is 164 Å². The fourth-order valence-corrected chi connectivity index (χ4v) is 3.23. The number of hydrogen-bond donors (Lipinski definition) is 1. The summed E-state index contributed by atoms with van der Waals surface area (Å²) in [5, 5.41) is 7.44. The van der Waals surface area contributed by atoms with Crippen molar-refractivity contribution in [3.8, 4) is 0 Å². The highest BCUT2D eigenvalue weighted by Gasteiger charge is 2.25. The molecule has 1 aliphatic rings. The number of rotatable bonds is 3. The van der Waals surface area contributed by atoms with Crippen LogP contribution in [0.3, 0.4) is 0 Å². The molecule has 7 nitrogen and oxygen atoms in total. The fraction of sp³-hybridized carbons (Fsp3) is 0.333. The van der Waals surface area contributed by atoms with Crippen LogP contribution < -0.4 is 5.32 Å². The Morgan fingerprint density at radius 2 is 1.96 bits per heavy atom. The second kappa shape index (κ2) is 8.21. The number of hydrogen-bond acceptors (Lipinski definition) is 4. The van der Waals surface area contributed by atoms with Gasteiger partial charge in [-0.2, -0.15) is 5.10 Å². The minimum absolute atomic E-state index is 0.0370. The number of carbonyl (C=O) groups is 2. The maximum atomic E-state index is 13.1. The van der Waals surface area contributed by atoms with Gasteiger partial charge in [0.25, 0.3) is 5.91 Å². The monoisotopic (exact) mass is 379 g/mol. The average Bonchev–Trinajstić information content (AvgIpc) is 3.11. The molecule has 7 heteroatoms. The van der Waals surface area contributed by atoms with Gasteiger partial charge in [0, 0.05) is 31.4 Å². The Morgan fingerprint density at radius 1 is 1.25 bits per heavy atom. The maximum Gasteiger partial charge on any atom is 0.257 e. The predicted molar refractivity (Wildman–Crippen MR) is 108 cm³/mol. The van der Waals surface area contributed by atoms with Crippen LogP contribution in [0.15, 0.2) is 46.7 Å². The van der Waals surface area contributed by atoms with Gasteiger partial charge in [-0.05, 0) is 38.3 Å². The summed E-state index contributed by atoms with van der Waals surface area (Å²) in [6.07, 6.45) is 3.22. The molecule has 28 heavy (non-hydrogen) atoms. The molecule has 146 valence electrons. The summed E-state index contributed by atoms with van der Waals surface area (Å²) in [7, 11) is 1.63. The molecule has 0 radical (unpaired) electrons. The van der Waals surface area contributed by atoms with E-state index in [4.69, 9.17) is 0 Å². The van der Waals surface area contributed by atoms with Crippen LogP contribution in [0.5, 0.6) is 0 Å². The maximum absolute atomic E-state index is 13.1. The van der Waals surface area contributed by atoms with E-state index in [1.165, 1.54) is 11.1 Å². The van der Waals surface area contributed by atoms with Gasteiger partial charge in [0.15, 0.2) is 0 Å². The molecule has 0 saturated carbocycles. The topological polar surface area (TPSA) is 79.6 Å². The zero-order valence-corrected chi connectivity index (χ0v) is 16.7. The lowest BCUT2D eigenvalue weighted by atomic mass is 9.99. The number of aliphatic imine (C=N–C) groups is 1. The molecule has 0 atom stereocenters. The van der Waals surface area contributed by atoms with Gasteiger partial charge in [-0.1, -0.05) is 24.3 Å². The number of carbonyl (C=O) groups excluding carboxylic acids is 2. The van der Waals surface area contributed by atoms with Crippen molar-refractivity contribution in [2.24, 2.45) is 4.99 Å². The number of aldehydes is 1. The molecule has 0 unspecified atom stereocenters. The molecule has 1 amide bonds. The van der Waals surface area contributed by atoms with E-state index >= 15 is 0 Å². The SMILES string of the molecule is CN=C(N/C(C)=C(/C)C=O)n1ncc(C(=O)N2CCc3ccccc3C2)c1C. The summed E-state index contributed by atoms with van der Waals surface area (Å²) >= 11 is 0. The lowest BCUT2D eigenvalue weighted by molar-refractivity contribution is -0.104. The second-order valence-electron chi connectivity index (χ2n) is 6.90. The van der Waals surface area contributed by atoms with Gasteiger partial charge in [-0.3, -0.25) is 14.6 Å². The zero-order chi connectivity index (χ0) is 20.3. The van der Waals surface area contributed by atoms with E-state index in [2.05, 4.69) is 27.5 Å². The minimum atomic E-state index is -0.0370.